The van der Waals surface area contributed by atoms with E-state index < -0.39 is 5.97 Å². The van der Waals surface area contributed by atoms with Gasteiger partial charge >= 0.3 is 5.97 Å². The Hall–Kier alpha value is -0.580. The molecule has 1 aromatic carbocycles. The van der Waals surface area contributed by atoms with Gasteiger partial charge in [-0.15, -0.1) is 0 Å². The summed E-state index contributed by atoms with van der Waals surface area (Å²) in [4.78, 5) is 10.5. The summed E-state index contributed by atoms with van der Waals surface area (Å²) >= 11 is 2.23. The second-order valence-corrected chi connectivity index (χ2v) is 4.08. The molecule has 0 unspecified atom stereocenters. The Bertz CT molecular complexity index is 321. The highest BCUT2D eigenvalue weighted by Crippen LogP contribution is 2.15. The third kappa shape index (κ3) is 2.99. The molecule has 13 heavy (non-hydrogen) atoms. The van der Waals surface area contributed by atoms with E-state index in [-0.39, 0.29) is 6.42 Å². The molecule has 1 rings (SSSR count). The maximum atomic E-state index is 10.5. The number of benzene rings is 1. The molecule has 0 bridgehead atoms. The quantitative estimate of drug-likeness (QED) is 0.868. The number of carboxylic acid groups (broad SMARTS) is 1. The van der Waals surface area contributed by atoms with Crippen LogP contribution in [0, 0.1) is 3.57 Å². The molecule has 0 saturated carbocycles. The fourth-order valence-corrected chi connectivity index (χ4v) is 1.81. The minimum atomic E-state index is -0.768. The summed E-state index contributed by atoms with van der Waals surface area (Å²) in [5.74, 6) is -0.768. The van der Waals surface area contributed by atoms with Gasteiger partial charge in [-0.25, -0.2) is 0 Å². The third-order valence-electron chi connectivity index (χ3n) is 1.89. The van der Waals surface area contributed by atoms with Crippen LogP contribution in [0.5, 0.6) is 0 Å². The van der Waals surface area contributed by atoms with E-state index in [0.29, 0.717) is 0 Å². The van der Waals surface area contributed by atoms with Gasteiger partial charge in [0, 0.05) is 3.57 Å². The molecule has 0 aliphatic heterocycles. The Kier molecular flexibility index (Phi) is 3.71. The number of aryl methyl sites for hydroxylation is 1. The lowest BCUT2D eigenvalue weighted by molar-refractivity contribution is -0.136. The van der Waals surface area contributed by atoms with Crippen molar-refractivity contribution >= 4 is 28.6 Å². The van der Waals surface area contributed by atoms with E-state index in [1.54, 1.807) is 0 Å². The average molecular weight is 290 g/mol. The van der Waals surface area contributed by atoms with Crippen LogP contribution in [0.4, 0.5) is 0 Å². The van der Waals surface area contributed by atoms with E-state index in [1.807, 2.05) is 25.1 Å². The van der Waals surface area contributed by atoms with Crippen molar-refractivity contribution in [1.29, 1.82) is 0 Å². The van der Waals surface area contributed by atoms with E-state index in [0.717, 1.165) is 21.1 Å². The first-order valence-electron chi connectivity index (χ1n) is 4.12. The van der Waals surface area contributed by atoms with E-state index in [2.05, 4.69) is 22.6 Å². The Morgan fingerprint density at radius 2 is 2.15 bits per heavy atom. The molecule has 0 aliphatic rings. The normalized spacial score (nSPS) is 10.0. The van der Waals surface area contributed by atoms with Gasteiger partial charge in [-0.1, -0.05) is 13.0 Å². The molecule has 0 heterocycles. The molecule has 70 valence electrons. The molecule has 3 heteroatoms. The molecule has 0 aliphatic carbocycles. The van der Waals surface area contributed by atoms with Crippen LogP contribution in [0.15, 0.2) is 18.2 Å². The van der Waals surface area contributed by atoms with Crippen molar-refractivity contribution in [2.75, 3.05) is 0 Å². The highest BCUT2D eigenvalue weighted by atomic mass is 127. The highest BCUT2D eigenvalue weighted by molar-refractivity contribution is 14.1. The zero-order valence-electron chi connectivity index (χ0n) is 7.38. The molecule has 2 nitrogen and oxygen atoms in total. The van der Waals surface area contributed by atoms with E-state index >= 15 is 0 Å². The van der Waals surface area contributed by atoms with Crippen molar-refractivity contribution in [3.05, 3.63) is 32.9 Å². The molecule has 0 spiro atoms. The van der Waals surface area contributed by atoms with Crippen LogP contribution < -0.4 is 0 Å². The van der Waals surface area contributed by atoms with Crippen LogP contribution in [-0.2, 0) is 17.6 Å². The zero-order chi connectivity index (χ0) is 9.84. The smallest absolute Gasteiger partial charge is 0.307 e. The zero-order valence-corrected chi connectivity index (χ0v) is 9.54. The predicted octanol–water partition coefficient (Wildman–Crippen LogP) is 2.48. The fourth-order valence-electron chi connectivity index (χ4n) is 1.26. The maximum Gasteiger partial charge on any atom is 0.307 e. The van der Waals surface area contributed by atoms with Crippen LogP contribution in [0.1, 0.15) is 18.1 Å². The van der Waals surface area contributed by atoms with Gasteiger partial charge in [0.05, 0.1) is 6.42 Å². The van der Waals surface area contributed by atoms with E-state index in [4.69, 9.17) is 5.11 Å². The Balaban J connectivity index is 2.99. The Labute approximate surface area is 91.1 Å². The summed E-state index contributed by atoms with van der Waals surface area (Å²) in [5, 5.41) is 8.65. The lowest BCUT2D eigenvalue weighted by Crippen LogP contribution is -2.03. The van der Waals surface area contributed by atoms with Crippen LogP contribution >= 0.6 is 22.6 Å². The summed E-state index contributed by atoms with van der Waals surface area (Å²) in [6.07, 6.45) is 1.01. The van der Waals surface area contributed by atoms with Crippen molar-refractivity contribution in [1.82, 2.24) is 0 Å². The van der Waals surface area contributed by atoms with Gasteiger partial charge in [-0.2, -0.15) is 0 Å². The fraction of sp³-hybridized carbons (Fsp3) is 0.300. The van der Waals surface area contributed by atoms with Gasteiger partial charge in [0.25, 0.3) is 0 Å². The van der Waals surface area contributed by atoms with Crippen LogP contribution in [0.3, 0.4) is 0 Å². The van der Waals surface area contributed by atoms with Gasteiger partial charge in [0.2, 0.25) is 0 Å². The molecular formula is C10H11IO2. The topological polar surface area (TPSA) is 37.3 Å². The van der Waals surface area contributed by atoms with Crippen LogP contribution in [0.2, 0.25) is 0 Å². The van der Waals surface area contributed by atoms with Gasteiger partial charge in [-0.3, -0.25) is 4.79 Å². The van der Waals surface area contributed by atoms with Crippen molar-refractivity contribution < 1.29 is 9.90 Å². The molecular weight excluding hydrogens is 279 g/mol. The van der Waals surface area contributed by atoms with Gasteiger partial charge < -0.3 is 5.11 Å². The second kappa shape index (κ2) is 4.60. The second-order valence-electron chi connectivity index (χ2n) is 2.84. The van der Waals surface area contributed by atoms with Crippen molar-refractivity contribution in [3.63, 3.8) is 0 Å². The van der Waals surface area contributed by atoms with E-state index in [9.17, 15) is 4.79 Å². The number of aliphatic carboxylic acids is 1. The lowest BCUT2D eigenvalue weighted by atomic mass is 10.0. The first-order chi connectivity index (χ1) is 6.13. The first kappa shape index (κ1) is 10.5. The summed E-state index contributed by atoms with van der Waals surface area (Å²) in [6.45, 7) is 2.04. The minimum Gasteiger partial charge on any atom is -0.481 e. The highest BCUT2D eigenvalue weighted by Gasteiger charge is 2.05. The molecule has 1 aromatic rings. The summed E-state index contributed by atoms with van der Waals surface area (Å²) in [6, 6.07) is 5.88. The Morgan fingerprint density at radius 3 is 2.69 bits per heavy atom. The summed E-state index contributed by atoms with van der Waals surface area (Å²) in [7, 11) is 0. The van der Waals surface area contributed by atoms with Crippen molar-refractivity contribution in [2.45, 2.75) is 19.8 Å². The molecule has 0 radical (unpaired) electrons. The van der Waals surface area contributed by atoms with Gasteiger partial charge in [0.15, 0.2) is 0 Å². The number of hydrogen-bond donors (Lipinski definition) is 1. The van der Waals surface area contributed by atoms with Crippen LogP contribution in [-0.4, -0.2) is 11.1 Å². The molecule has 0 amide bonds. The van der Waals surface area contributed by atoms with E-state index in [1.165, 1.54) is 0 Å². The number of rotatable bonds is 3. The number of halogens is 1. The monoisotopic (exact) mass is 290 g/mol. The molecule has 0 saturated heterocycles. The van der Waals surface area contributed by atoms with Crippen molar-refractivity contribution in [2.24, 2.45) is 0 Å². The number of carbonyl (C=O) groups is 1. The predicted molar refractivity (Wildman–Crippen MR) is 59.9 cm³/mol. The first-order valence-corrected chi connectivity index (χ1v) is 5.20. The SMILES string of the molecule is CCc1cc(I)ccc1CC(=O)O. The summed E-state index contributed by atoms with van der Waals surface area (Å²) in [5.41, 5.74) is 2.06. The van der Waals surface area contributed by atoms with Gasteiger partial charge in [-0.05, 0) is 52.3 Å². The standard InChI is InChI=1S/C10H11IO2/c1-2-7-5-9(11)4-3-8(7)6-10(12)13/h3-5H,2,6H2,1H3,(H,12,13). The molecule has 0 atom stereocenters. The largest absolute Gasteiger partial charge is 0.481 e. The third-order valence-corrected chi connectivity index (χ3v) is 2.56. The van der Waals surface area contributed by atoms with Crippen molar-refractivity contribution in [3.8, 4) is 0 Å². The van der Waals surface area contributed by atoms with Gasteiger partial charge in [0.1, 0.15) is 0 Å². The average Bonchev–Trinajstić information content (AvgIpc) is 2.07. The summed E-state index contributed by atoms with van der Waals surface area (Å²) < 4.78 is 1.16. The maximum absolute atomic E-state index is 10.5. The molecule has 0 fully saturated rings. The van der Waals surface area contributed by atoms with Crippen LogP contribution in [0.25, 0.3) is 0 Å². The lowest BCUT2D eigenvalue weighted by Gasteiger charge is -2.05. The minimum absolute atomic E-state index is 0.125. The molecule has 0 aromatic heterocycles. The Morgan fingerprint density at radius 1 is 1.46 bits per heavy atom. The number of carboxylic acids is 1. The molecule has 1 N–H and O–H groups in total. The number of hydrogen-bond acceptors (Lipinski definition) is 1.